The Morgan fingerprint density at radius 1 is 0.410 bits per heavy atom. The molecule has 0 amide bonds. The summed E-state index contributed by atoms with van der Waals surface area (Å²) in [6.07, 6.45) is -2.77. The Balaban J connectivity index is 2.70. The van der Waals surface area contributed by atoms with Crippen LogP contribution < -0.4 is 0 Å². The van der Waals surface area contributed by atoms with Crippen molar-refractivity contribution in [1.82, 2.24) is 0 Å². The summed E-state index contributed by atoms with van der Waals surface area (Å²) >= 11 is 0. The van der Waals surface area contributed by atoms with Crippen molar-refractivity contribution in [1.29, 1.82) is 0 Å². The van der Waals surface area contributed by atoms with Gasteiger partial charge in [0, 0.05) is 12.0 Å². The van der Waals surface area contributed by atoms with E-state index in [9.17, 15) is 75.9 Å². The highest BCUT2D eigenvalue weighted by molar-refractivity contribution is 6.32. The predicted octanol–water partition coefficient (Wildman–Crippen LogP) is 5.25. The fraction of sp³-hybridized carbons (Fsp3) is 0.100. The zero-order valence-corrected chi connectivity index (χ0v) is 17.8. The monoisotopic (exact) mass is 588 g/mol. The minimum Gasteiger partial charge on any atom is -0.402 e. The Labute approximate surface area is 204 Å². The first-order valence-corrected chi connectivity index (χ1v) is 9.50. The van der Waals surface area contributed by atoms with Gasteiger partial charge in [-0.3, -0.25) is 0 Å². The average molecular weight is 588 g/mol. The van der Waals surface area contributed by atoms with Gasteiger partial charge < -0.3 is 14.7 Å². The minimum atomic E-state index is -4.85. The van der Waals surface area contributed by atoms with E-state index in [1.165, 1.54) is 0 Å². The molecule has 3 nitrogen and oxygen atoms in total. The summed E-state index contributed by atoms with van der Waals surface area (Å²) in [5.74, 6) is -46.1. The Morgan fingerprint density at radius 3 is 0.897 bits per heavy atom. The molecule has 0 saturated heterocycles. The zero-order valence-electron chi connectivity index (χ0n) is 17.8. The van der Waals surface area contributed by atoms with Gasteiger partial charge in [0.1, 0.15) is 5.60 Å². The lowest BCUT2D eigenvalue weighted by molar-refractivity contribution is 0.0328. The second-order valence-corrected chi connectivity index (χ2v) is 7.39. The van der Waals surface area contributed by atoms with Gasteiger partial charge in [-0.15, -0.1) is 0 Å². The van der Waals surface area contributed by atoms with Crippen LogP contribution in [0.15, 0.2) is 0 Å². The largest absolute Gasteiger partial charge is 0.634 e. The zero-order chi connectivity index (χ0) is 29.9. The second-order valence-electron chi connectivity index (χ2n) is 7.39. The predicted molar refractivity (Wildman–Crippen MR) is 94.5 cm³/mol. The Morgan fingerprint density at radius 2 is 0.641 bits per heavy atom. The van der Waals surface area contributed by atoms with Gasteiger partial charge in [0.25, 0.3) is 0 Å². The summed E-state index contributed by atoms with van der Waals surface area (Å²) in [4.78, 5) is 0. The maximum Gasteiger partial charge on any atom is 0.634 e. The van der Waals surface area contributed by atoms with E-state index in [0.717, 1.165) is 0 Å². The van der Waals surface area contributed by atoms with E-state index in [1.807, 2.05) is 0 Å². The molecule has 3 rings (SSSR count). The third-order valence-electron chi connectivity index (χ3n) is 5.26. The van der Waals surface area contributed by atoms with Crippen molar-refractivity contribution >= 4 is 7.32 Å². The molecule has 0 aromatic heterocycles. The summed E-state index contributed by atoms with van der Waals surface area (Å²) in [7, 11) is -3.80. The summed E-state index contributed by atoms with van der Waals surface area (Å²) in [5.41, 5.74) is -13.1. The third kappa shape index (κ3) is 4.47. The van der Waals surface area contributed by atoms with Crippen LogP contribution in [0.1, 0.15) is 16.7 Å². The van der Waals surface area contributed by atoms with E-state index in [-0.39, 0.29) is 0 Å². The van der Waals surface area contributed by atoms with Crippen molar-refractivity contribution in [3.63, 3.8) is 0 Å². The molecule has 210 valence electrons. The van der Waals surface area contributed by atoms with Crippen molar-refractivity contribution in [2.24, 2.45) is 0 Å². The Bertz CT molecular complexity index is 1350. The molecule has 39 heavy (non-hydrogen) atoms. The number of rotatable bonds is 6. The second kappa shape index (κ2) is 10.3. The van der Waals surface area contributed by atoms with E-state index in [0.29, 0.717) is 0 Å². The van der Waals surface area contributed by atoms with Crippen molar-refractivity contribution in [3.05, 3.63) is 104 Å². The normalized spacial score (nSPS) is 11.9. The highest BCUT2D eigenvalue weighted by Crippen LogP contribution is 2.46. The van der Waals surface area contributed by atoms with E-state index < -0.39 is 123 Å². The number of halogens is 15. The molecule has 0 aliphatic carbocycles. The molecule has 0 unspecified atom stereocenters. The molecule has 19 heteroatoms. The number of benzene rings is 3. The van der Waals surface area contributed by atoms with Crippen LogP contribution in [0.5, 0.6) is 0 Å². The SMILES string of the molecule is OB(O)OC(Cc1c(F)c(F)c(F)c(F)c1F)(c1c(F)c(F)c(F)c(F)c1F)c1c(F)c(F)c(F)c(F)c1F. The summed E-state index contributed by atoms with van der Waals surface area (Å²) in [5, 5.41) is 18.5. The van der Waals surface area contributed by atoms with Crippen LogP contribution in [-0.2, 0) is 16.7 Å². The topological polar surface area (TPSA) is 49.7 Å². The molecular weight excluding hydrogens is 584 g/mol. The van der Waals surface area contributed by atoms with Gasteiger partial charge in [0.05, 0.1) is 11.1 Å². The first-order valence-electron chi connectivity index (χ1n) is 9.50. The van der Waals surface area contributed by atoms with Crippen LogP contribution in [0.4, 0.5) is 65.9 Å². The fourth-order valence-electron chi connectivity index (χ4n) is 3.61. The van der Waals surface area contributed by atoms with Gasteiger partial charge in [-0.2, -0.15) is 0 Å². The van der Waals surface area contributed by atoms with Crippen LogP contribution in [0.2, 0.25) is 0 Å². The first kappa shape index (κ1) is 30.1. The highest BCUT2D eigenvalue weighted by atomic mass is 19.2. The molecule has 0 saturated carbocycles. The van der Waals surface area contributed by atoms with Crippen molar-refractivity contribution < 1.29 is 80.6 Å². The molecule has 0 atom stereocenters. The van der Waals surface area contributed by atoms with Gasteiger partial charge in [-0.25, -0.2) is 65.9 Å². The quantitative estimate of drug-likeness (QED) is 0.179. The van der Waals surface area contributed by atoms with Crippen LogP contribution in [0.3, 0.4) is 0 Å². The number of hydrogen-bond donors (Lipinski definition) is 2. The van der Waals surface area contributed by atoms with Crippen LogP contribution in [0, 0.1) is 87.3 Å². The molecular formula is C20H4BF15O3. The third-order valence-corrected chi connectivity index (χ3v) is 5.26. The Kier molecular flexibility index (Phi) is 7.93. The molecule has 3 aromatic carbocycles. The first-order chi connectivity index (χ1) is 17.9. The van der Waals surface area contributed by atoms with Gasteiger partial charge in [-0.05, 0) is 0 Å². The van der Waals surface area contributed by atoms with Gasteiger partial charge in [0.15, 0.2) is 69.8 Å². The molecule has 0 aliphatic rings. The van der Waals surface area contributed by atoms with Crippen LogP contribution >= 0.6 is 0 Å². The molecule has 0 aliphatic heterocycles. The van der Waals surface area contributed by atoms with Crippen molar-refractivity contribution in [2.45, 2.75) is 12.0 Å². The summed E-state index contributed by atoms with van der Waals surface area (Å²) < 4.78 is 217. The maximum absolute atomic E-state index is 14.8. The van der Waals surface area contributed by atoms with Crippen molar-refractivity contribution in [3.8, 4) is 0 Å². The molecule has 0 radical (unpaired) electrons. The smallest absolute Gasteiger partial charge is 0.402 e. The summed E-state index contributed by atoms with van der Waals surface area (Å²) in [6.45, 7) is 0. The lowest BCUT2D eigenvalue weighted by atomic mass is 9.78. The van der Waals surface area contributed by atoms with E-state index in [4.69, 9.17) is 0 Å². The molecule has 0 heterocycles. The molecule has 0 spiro atoms. The molecule has 0 fully saturated rings. The van der Waals surface area contributed by atoms with Crippen molar-refractivity contribution in [2.75, 3.05) is 0 Å². The minimum absolute atomic E-state index is 2.46. The number of hydrogen-bond acceptors (Lipinski definition) is 3. The Hall–Kier alpha value is -3.45. The van der Waals surface area contributed by atoms with E-state index in [1.54, 1.807) is 0 Å². The lowest BCUT2D eigenvalue weighted by Crippen LogP contribution is -2.44. The fourth-order valence-corrected chi connectivity index (χ4v) is 3.61. The lowest BCUT2D eigenvalue weighted by Gasteiger charge is -2.36. The van der Waals surface area contributed by atoms with E-state index >= 15 is 0 Å². The van der Waals surface area contributed by atoms with Gasteiger partial charge in [0.2, 0.25) is 17.5 Å². The average Bonchev–Trinajstić information content (AvgIpc) is 2.88. The van der Waals surface area contributed by atoms with Crippen LogP contribution in [0.25, 0.3) is 0 Å². The summed E-state index contributed by atoms with van der Waals surface area (Å²) in [6, 6.07) is 0. The van der Waals surface area contributed by atoms with Gasteiger partial charge in [-0.1, -0.05) is 0 Å². The molecule has 0 bridgehead atoms. The maximum atomic E-state index is 14.8. The molecule has 2 N–H and O–H groups in total. The standard InChI is InChI=1S/C20H4BF15O3/c22-5-2(6(23)12(29)17(34)11(5)28)1-20(39-21(37)38,3-7(24)13(30)18(35)14(31)8(3)25)4-9(26)15(32)19(36)16(33)10(4)27/h37-38H,1H2. The molecule has 3 aromatic rings. The van der Waals surface area contributed by atoms with Gasteiger partial charge >= 0.3 is 7.32 Å². The van der Waals surface area contributed by atoms with Crippen LogP contribution in [-0.4, -0.2) is 17.4 Å². The highest BCUT2D eigenvalue weighted by Gasteiger charge is 2.52. The van der Waals surface area contributed by atoms with E-state index in [2.05, 4.69) is 4.65 Å².